The lowest BCUT2D eigenvalue weighted by Gasteiger charge is -2.15. The van der Waals surface area contributed by atoms with Crippen molar-refractivity contribution in [1.29, 1.82) is 0 Å². The van der Waals surface area contributed by atoms with Crippen LogP contribution >= 0.6 is 24.0 Å². The SMILES string of the molecule is CCC(Oc1cccc(/C=C2/SC(=S)N(NC(=O)c3ccoc3C)C2=O)c1)C(=O)O. The number of ether oxygens (including phenoxy) is 1. The Morgan fingerprint density at radius 1 is 1.40 bits per heavy atom. The lowest BCUT2D eigenvalue weighted by atomic mass is 10.2. The number of furan rings is 1. The van der Waals surface area contributed by atoms with E-state index in [1.54, 1.807) is 44.2 Å². The smallest absolute Gasteiger partial charge is 0.344 e. The standard InChI is InChI=1S/C20H18N2O6S2/c1-3-15(19(25)26)28-13-6-4-5-12(9-13)10-16-18(24)22(20(29)30-16)21-17(23)14-7-8-27-11(14)2/h4-10,15H,3H2,1-2H3,(H,21,23)(H,25,26)/b16-10+. The summed E-state index contributed by atoms with van der Waals surface area (Å²) >= 11 is 6.26. The number of amides is 2. The van der Waals surface area contributed by atoms with E-state index in [4.69, 9.17) is 26.5 Å². The third kappa shape index (κ3) is 4.71. The van der Waals surface area contributed by atoms with Gasteiger partial charge in [-0.05, 0) is 55.4 Å². The van der Waals surface area contributed by atoms with E-state index in [0.29, 0.717) is 34.0 Å². The van der Waals surface area contributed by atoms with Gasteiger partial charge in [-0.25, -0.2) is 4.79 Å². The molecular weight excluding hydrogens is 428 g/mol. The van der Waals surface area contributed by atoms with Crippen molar-refractivity contribution in [2.24, 2.45) is 0 Å². The summed E-state index contributed by atoms with van der Waals surface area (Å²) in [4.78, 5) is 36.5. The van der Waals surface area contributed by atoms with Crippen molar-refractivity contribution in [2.75, 3.05) is 0 Å². The zero-order chi connectivity index (χ0) is 21.8. The number of rotatable bonds is 7. The molecule has 0 saturated carbocycles. The predicted molar refractivity (Wildman–Crippen MR) is 115 cm³/mol. The second-order valence-corrected chi connectivity index (χ2v) is 7.95. The summed E-state index contributed by atoms with van der Waals surface area (Å²) in [5.41, 5.74) is 3.42. The summed E-state index contributed by atoms with van der Waals surface area (Å²) in [7, 11) is 0. The van der Waals surface area contributed by atoms with Crippen molar-refractivity contribution < 1.29 is 28.6 Å². The Hall–Kier alpha value is -3.11. The van der Waals surface area contributed by atoms with E-state index in [1.807, 2.05) is 0 Å². The zero-order valence-corrected chi connectivity index (χ0v) is 17.7. The van der Waals surface area contributed by atoms with Crippen molar-refractivity contribution in [1.82, 2.24) is 10.4 Å². The summed E-state index contributed by atoms with van der Waals surface area (Å²) in [6.45, 7) is 3.36. The van der Waals surface area contributed by atoms with Crippen LogP contribution in [0, 0.1) is 6.92 Å². The van der Waals surface area contributed by atoms with Gasteiger partial charge in [0.25, 0.3) is 11.8 Å². The van der Waals surface area contributed by atoms with Gasteiger partial charge in [-0.2, -0.15) is 5.01 Å². The number of nitrogens with zero attached hydrogens (tertiary/aromatic N) is 1. The monoisotopic (exact) mass is 446 g/mol. The topological polar surface area (TPSA) is 109 Å². The molecule has 30 heavy (non-hydrogen) atoms. The Morgan fingerprint density at radius 2 is 2.17 bits per heavy atom. The maximum Gasteiger partial charge on any atom is 0.344 e. The maximum atomic E-state index is 12.7. The molecule has 1 aromatic carbocycles. The molecule has 156 valence electrons. The molecule has 10 heteroatoms. The number of thiocarbonyl (C=S) groups is 1. The van der Waals surface area contributed by atoms with Crippen LogP contribution in [0.5, 0.6) is 5.75 Å². The molecule has 8 nitrogen and oxygen atoms in total. The average Bonchev–Trinajstić information content (AvgIpc) is 3.24. The fraction of sp³-hybridized carbons (Fsp3) is 0.200. The number of thioether (sulfide) groups is 1. The fourth-order valence-electron chi connectivity index (χ4n) is 2.65. The highest BCUT2D eigenvalue weighted by Gasteiger charge is 2.34. The number of benzene rings is 1. The Labute approximate surface area is 181 Å². The largest absolute Gasteiger partial charge is 0.479 e. The van der Waals surface area contributed by atoms with Gasteiger partial charge in [0.1, 0.15) is 11.5 Å². The van der Waals surface area contributed by atoms with Gasteiger partial charge in [-0.3, -0.25) is 15.0 Å². The van der Waals surface area contributed by atoms with Gasteiger partial charge in [0.05, 0.1) is 16.7 Å². The van der Waals surface area contributed by atoms with Crippen LogP contribution in [0.2, 0.25) is 0 Å². The van der Waals surface area contributed by atoms with Crippen molar-refractivity contribution in [2.45, 2.75) is 26.4 Å². The van der Waals surface area contributed by atoms with E-state index < -0.39 is 23.9 Å². The Bertz CT molecular complexity index is 1050. The van der Waals surface area contributed by atoms with Crippen LogP contribution in [0.25, 0.3) is 6.08 Å². The molecule has 0 aliphatic carbocycles. The van der Waals surface area contributed by atoms with Crippen LogP contribution in [0.1, 0.15) is 35.0 Å². The van der Waals surface area contributed by atoms with Gasteiger partial charge in [-0.1, -0.05) is 30.8 Å². The lowest BCUT2D eigenvalue weighted by Crippen LogP contribution is -2.44. The fourth-order valence-corrected chi connectivity index (χ4v) is 3.83. The number of aryl methyl sites for hydroxylation is 1. The van der Waals surface area contributed by atoms with Crippen LogP contribution in [0.3, 0.4) is 0 Å². The summed E-state index contributed by atoms with van der Waals surface area (Å²) in [6.07, 6.45) is 2.34. The van der Waals surface area contributed by atoms with Crippen molar-refractivity contribution in [3.8, 4) is 5.75 Å². The summed E-state index contributed by atoms with van der Waals surface area (Å²) < 4.78 is 10.8. The van der Waals surface area contributed by atoms with Gasteiger partial charge in [0.2, 0.25) is 0 Å². The molecule has 1 aliphatic heterocycles. The number of aliphatic carboxylic acids is 1. The first-order chi connectivity index (χ1) is 14.3. The summed E-state index contributed by atoms with van der Waals surface area (Å²) in [6, 6.07) is 8.21. The number of hydrazine groups is 1. The Morgan fingerprint density at radius 3 is 2.80 bits per heavy atom. The molecule has 1 fully saturated rings. The minimum atomic E-state index is -1.05. The van der Waals surface area contributed by atoms with Crippen molar-refractivity contribution in [3.63, 3.8) is 0 Å². The molecule has 3 rings (SSSR count). The Balaban J connectivity index is 1.75. The molecule has 0 bridgehead atoms. The van der Waals surface area contributed by atoms with E-state index in [-0.39, 0.29) is 4.32 Å². The number of carboxylic acids is 1. The van der Waals surface area contributed by atoms with E-state index in [0.717, 1.165) is 16.8 Å². The third-order valence-corrected chi connectivity index (χ3v) is 5.49. The summed E-state index contributed by atoms with van der Waals surface area (Å²) in [5, 5.41) is 10.2. The van der Waals surface area contributed by atoms with Crippen LogP contribution in [-0.2, 0) is 9.59 Å². The van der Waals surface area contributed by atoms with E-state index in [1.165, 1.54) is 12.3 Å². The van der Waals surface area contributed by atoms with Crippen molar-refractivity contribution >= 4 is 52.2 Å². The first kappa shape index (κ1) is 21.6. The van der Waals surface area contributed by atoms with Crippen LogP contribution in [0.15, 0.2) is 45.9 Å². The van der Waals surface area contributed by atoms with Crippen LogP contribution in [-0.4, -0.2) is 38.3 Å². The maximum absolute atomic E-state index is 12.7. The van der Waals surface area contributed by atoms with E-state index in [2.05, 4.69) is 5.43 Å². The van der Waals surface area contributed by atoms with E-state index >= 15 is 0 Å². The third-order valence-electron chi connectivity index (χ3n) is 4.19. The van der Waals surface area contributed by atoms with Gasteiger partial charge in [0.15, 0.2) is 10.4 Å². The molecule has 0 spiro atoms. The van der Waals surface area contributed by atoms with Gasteiger partial charge >= 0.3 is 5.97 Å². The normalized spacial score (nSPS) is 16.1. The van der Waals surface area contributed by atoms with Gasteiger partial charge in [-0.15, -0.1) is 0 Å². The zero-order valence-electron chi connectivity index (χ0n) is 16.1. The molecule has 2 amide bonds. The van der Waals surface area contributed by atoms with Gasteiger partial charge < -0.3 is 14.3 Å². The molecule has 1 aromatic heterocycles. The molecule has 1 aliphatic rings. The molecule has 1 atom stereocenters. The highest BCUT2D eigenvalue weighted by Crippen LogP contribution is 2.32. The van der Waals surface area contributed by atoms with Crippen LogP contribution < -0.4 is 10.2 Å². The van der Waals surface area contributed by atoms with Crippen LogP contribution in [0.4, 0.5) is 0 Å². The minimum absolute atomic E-state index is 0.185. The average molecular weight is 447 g/mol. The highest BCUT2D eigenvalue weighted by atomic mass is 32.2. The number of nitrogens with one attached hydrogen (secondary N) is 1. The number of hydrogen-bond donors (Lipinski definition) is 2. The second kappa shape index (κ2) is 9.14. The highest BCUT2D eigenvalue weighted by molar-refractivity contribution is 8.26. The second-order valence-electron chi connectivity index (χ2n) is 6.27. The minimum Gasteiger partial charge on any atom is -0.479 e. The molecule has 1 saturated heterocycles. The molecule has 0 radical (unpaired) electrons. The Kier molecular flexibility index (Phi) is 6.58. The molecule has 2 aromatic rings. The predicted octanol–water partition coefficient (Wildman–Crippen LogP) is 3.38. The number of hydrogen-bond acceptors (Lipinski definition) is 7. The molecule has 2 heterocycles. The molecule has 1 unspecified atom stereocenters. The van der Waals surface area contributed by atoms with E-state index in [9.17, 15) is 14.4 Å². The van der Waals surface area contributed by atoms with Gasteiger partial charge in [0, 0.05) is 0 Å². The van der Waals surface area contributed by atoms with Crippen molar-refractivity contribution in [3.05, 3.63) is 58.4 Å². The summed E-state index contributed by atoms with van der Waals surface area (Å²) in [5.74, 6) is -1.22. The number of carboxylic acid groups (broad SMARTS) is 1. The number of carbonyl (C=O) groups excluding carboxylic acids is 2. The molecule has 2 N–H and O–H groups in total. The first-order valence-electron chi connectivity index (χ1n) is 8.92. The lowest BCUT2D eigenvalue weighted by molar-refractivity contribution is -0.145. The first-order valence-corrected chi connectivity index (χ1v) is 10.1. The number of carbonyl (C=O) groups is 3. The quantitative estimate of drug-likeness (QED) is 0.492. The molecular formula is C20H18N2O6S2.